The summed E-state index contributed by atoms with van der Waals surface area (Å²) in [6.07, 6.45) is 22.3. The summed E-state index contributed by atoms with van der Waals surface area (Å²) in [5, 5.41) is 2.81. The molecular weight excluding hydrogens is 595 g/mol. The largest absolute Gasteiger partial charge is 0.447 e. The van der Waals surface area contributed by atoms with Gasteiger partial charge in [-0.05, 0) is 24.3 Å². The van der Waals surface area contributed by atoms with Crippen LogP contribution in [0.4, 0.5) is 4.79 Å². The van der Waals surface area contributed by atoms with Gasteiger partial charge in [-0.3, -0.25) is 4.52 Å². The van der Waals surface area contributed by atoms with Crippen LogP contribution in [0, 0.1) is 0 Å². The topological polar surface area (TPSA) is 89.5 Å². The first kappa shape index (κ1) is 38.7. The molecule has 1 aromatic carbocycles. The summed E-state index contributed by atoms with van der Waals surface area (Å²) in [6.45, 7) is 5.72. The third kappa shape index (κ3) is 19.1. The number of nitrogens with zero attached hydrogens (tertiary/aromatic N) is 1. The maximum atomic E-state index is 12.1. The van der Waals surface area contributed by atoms with Crippen LogP contribution in [-0.4, -0.2) is 54.7 Å². The van der Waals surface area contributed by atoms with E-state index >= 15 is 0 Å². The number of unbranched alkanes of at least 4 members (excludes halogenated alkanes) is 15. The predicted molar refractivity (Wildman–Crippen MR) is 184 cm³/mol. The normalized spacial score (nSPS) is 14.4. The molecule has 2 atom stereocenters. The van der Waals surface area contributed by atoms with Crippen molar-refractivity contribution in [2.24, 2.45) is 0 Å². The second kappa shape index (κ2) is 25.7. The fourth-order valence-corrected chi connectivity index (χ4v) is 6.53. The lowest BCUT2D eigenvalue weighted by Crippen LogP contribution is -2.31. The van der Waals surface area contributed by atoms with Crippen molar-refractivity contribution in [1.29, 1.82) is 0 Å². The summed E-state index contributed by atoms with van der Waals surface area (Å²) in [5.74, 6) is 1.48. The summed E-state index contributed by atoms with van der Waals surface area (Å²) in [5.41, 5.74) is 0.969. The molecule has 0 aliphatic carbocycles. The Kier molecular flexibility index (Phi) is 22.5. The lowest BCUT2D eigenvalue weighted by Gasteiger charge is -2.20. The molecule has 2 unspecified atom stereocenters. The molecule has 0 fully saturated rings. The fourth-order valence-electron chi connectivity index (χ4n) is 5.07. The molecule has 0 radical (unpaired) electrons. The Balaban J connectivity index is 1.44. The molecule has 0 saturated heterocycles. The SMILES string of the molecule is CCCCCCCCCCCCCCCCCCNC(=O)OCC(COP(O)Oc1ccccc1CN1C=C(C)SC1)OC. The standard InChI is InChI=1S/C34H59N2O6PS/c1-4-5-6-7-8-9-10-11-12-13-14-15-16-17-18-21-24-35-34(37)40-27-32(39-3)28-41-43(38)42-33-23-20-19-22-31(33)26-36-25-30(2)44-29-36/h19-20,22-23,25,32,38H,4-18,21,24,26-29H2,1-3H3,(H,35,37). The van der Waals surface area contributed by atoms with Crippen LogP contribution >= 0.6 is 20.4 Å². The Morgan fingerprint density at radius 3 is 2.09 bits per heavy atom. The van der Waals surface area contributed by atoms with E-state index in [2.05, 4.69) is 30.3 Å². The monoisotopic (exact) mass is 654 g/mol. The Hall–Kier alpha value is -1.51. The maximum absolute atomic E-state index is 12.1. The van der Waals surface area contributed by atoms with Gasteiger partial charge in [-0.25, -0.2) is 4.79 Å². The number of benzene rings is 1. The minimum atomic E-state index is -2.17. The highest BCUT2D eigenvalue weighted by Crippen LogP contribution is 2.38. The minimum absolute atomic E-state index is 0.0271. The van der Waals surface area contributed by atoms with Crippen LogP contribution in [0.3, 0.4) is 0 Å². The summed E-state index contributed by atoms with van der Waals surface area (Å²) in [7, 11) is -0.647. The van der Waals surface area contributed by atoms with Gasteiger partial charge >= 0.3 is 14.7 Å². The van der Waals surface area contributed by atoms with Crippen molar-refractivity contribution in [2.45, 2.75) is 129 Å². The highest BCUT2D eigenvalue weighted by molar-refractivity contribution is 8.03. The van der Waals surface area contributed by atoms with E-state index in [0.29, 0.717) is 18.8 Å². The molecule has 2 N–H and O–H groups in total. The second-order valence-electron chi connectivity index (χ2n) is 11.7. The van der Waals surface area contributed by atoms with Gasteiger partial charge in [-0.2, -0.15) is 0 Å². The number of nitrogens with one attached hydrogen (secondary N) is 1. The fraction of sp³-hybridized carbons (Fsp3) is 0.735. The van der Waals surface area contributed by atoms with Gasteiger partial charge in [0.05, 0.1) is 12.5 Å². The second-order valence-corrected chi connectivity index (χ2v) is 13.8. The number of carbonyl (C=O) groups excluding carboxylic acids is 1. The number of hydrogen-bond donors (Lipinski definition) is 2. The van der Waals surface area contributed by atoms with Gasteiger partial charge < -0.3 is 29.1 Å². The molecule has 1 aliphatic heterocycles. The van der Waals surface area contributed by atoms with Crippen molar-refractivity contribution >= 4 is 26.5 Å². The van der Waals surface area contributed by atoms with Crippen molar-refractivity contribution in [3.63, 3.8) is 0 Å². The molecule has 1 heterocycles. The first-order valence-corrected chi connectivity index (χ1v) is 19.0. The van der Waals surface area contributed by atoms with Crippen LogP contribution in [0.2, 0.25) is 0 Å². The van der Waals surface area contributed by atoms with E-state index in [1.165, 1.54) is 102 Å². The smallest absolute Gasteiger partial charge is 0.407 e. The summed E-state index contributed by atoms with van der Waals surface area (Å²) >= 11 is 1.80. The molecule has 252 valence electrons. The summed E-state index contributed by atoms with van der Waals surface area (Å²) in [6, 6.07) is 7.62. The van der Waals surface area contributed by atoms with Gasteiger partial charge in [0.2, 0.25) is 0 Å². The van der Waals surface area contributed by atoms with Crippen LogP contribution < -0.4 is 9.84 Å². The molecule has 2 rings (SSSR count). The molecule has 1 aliphatic rings. The highest BCUT2D eigenvalue weighted by atomic mass is 32.2. The minimum Gasteiger partial charge on any atom is -0.447 e. The average Bonchev–Trinajstić information content (AvgIpc) is 3.43. The third-order valence-corrected chi connectivity index (χ3v) is 9.49. The van der Waals surface area contributed by atoms with Crippen LogP contribution in [0.1, 0.15) is 122 Å². The number of rotatable bonds is 27. The van der Waals surface area contributed by atoms with Crippen LogP contribution in [0.5, 0.6) is 5.75 Å². The van der Waals surface area contributed by atoms with E-state index in [9.17, 15) is 9.69 Å². The van der Waals surface area contributed by atoms with E-state index in [1.54, 1.807) is 11.8 Å². The van der Waals surface area contributed by atoms with Crippen LogP contribution in [0.15, 0.2) is 35.4 Å². The van der Waals surface area contributed by atoms with Gasteiger partial charge in [-0.1, -0.05) is 121 Å². The van der Waals surface area contributed by atoms with Crippen LogP contribution in [0.25, 0.3) is 0 Å². The maximum Gasteiger partial charge on any atom is 0.407 e. The molecular formula is C34H59N2O6PS. The Labute approximate surface area is 273 Å². The Morgan fingerprint density at radius 2 is 1.52 bits per heavy atom. The van der Waals surface area contributed by atoms with Gasteiger partial charge in [-0.15, -0.1) is 11.8 Å². The number of carbonyl (C=O) groups is 1. The van der Waals surface area contributed by atoms with Crippen molar-refractivity contribution in [3.8, 4) is 5.75 Å². The lowest BCUT2D eigenvalue weighted by atomic mass is 10.0. The zero-order valence-corrected chi connectivity index (χ0v) is 29.3. The van der Waals surface area contributed by atoms with Gasteiger partial charge in [0.15, 0.2) is 0 Å². The van der Waals surface area contributed by atoms with Gasteiger partial charge in [0.1, 0.15) is 18.5 Å². The number of methoxy groups -OCH3 is 1. The molecule has 0 saturated carbocycles. The lowest BCUT2D eigenvalue weighted by molar-refractivity contribution is 0.00597. The van der Waals surface area contributed by atoms with Crippen molar-refractivity contribution in [2.75, 3.05) is 32.7 Å². The van der Waals surface area contributed by atoms with E-state index in [0.717, 1.165) is 24.3 Å². The zero-order valence-electron chi connectivity index (χ0n) is 27.6. The first-order valence-electron chi connectivity index (χ1n) is 16.9. The number of para-hydroxylation sites is 1. The van der Waals surface area contributed by atoms with E-state index in [4.69, 9.17) is 18.5 Å². The number of ether oxygens (including phenoxy) is 2. The summed E-state index contributed by atoms with van der Waals surface area (Å²) in [4.78, 5) is 26.0. The first-order chi connectivity index (χ1) is 21.5. The number of thioether (sulfide) groups is 1. The van der Waals surface area contributed by atoms with Crippen molar-refractivity contribution in [3.05, 3.63) is 40.9 Å². The Bertz CT molecular complexity index is 908. The van der Waals surface area contributed by atoms with E-state index in [1.807, 2.05) is 24.3 Å². The molecule has 44 heavy (non-hydrogen) atoms. The number of allylic oxidation sites excluding steroid dienone is 1. The molecule has 10 heteroatoms. The Morgan fingerprint density at radius 1 is 0.932 bits per heavy atom. The number of alkyl carbamates (subject to hydrolysis) is 1. The van der Waals surface area contributed by atoms with Gasteiger partial charge in [0, 0.05) is 32.0 Å². The number of hydrogen-bond acceptors (Lipinski definition) is 8. The van der Waals surface area contributed by atoms with Crippen LogP contribution in [-0.2, 0) is 20.5 Å². The summed E-state index contributed by atoms with van der Waals surface area (Å²) < 4.78 is 21.9. The quantitative estimate of drug-likeness (QED) is 0.0716. The molecule has 0 aromatic heterocycles. The van der Waals surface area contributed by atoms with Crippen molar-refractivity contribution < 1.29 is 28.2 Å². The highest BCUT2D eigenvalue weighted by Gasteiger charge is 2.19. The molecule has 1 amide bonds. The average molecular weight is 655 g/mol. The third-order valence-electron chi connectivity index (χ3n) is 7.75. The zero-order chi connectivity index (χ0) is 31.7. The molecule has 8 nitrogen and oxygen atoms in total. The van der Waals surface area contributed by atoms with E-state index < -0.39 is 20.8 Å². The molecule has 0 bridgehead atoms. The molecule has 1 aromatic rings. The molecule has 0 spiro atoms. The van der Waals surface area contributed by atoms with E-state index in [-0.39, 0.29) is 13.2 Å². The predicted octanol–water partition coefficient (Wildman–Crippen LogP) is 9.67. The van der Waals surface area contributed by atoms with Gasteiger partial charge in [0.25, 0.3) is 0 Å². The van der Waals surface area contributed by atoms with Crippen molar-refractivity contribution in [1.82, 2.24) is 10.2 Å². The number of amides is 1.